The van der Waals surface area contributed by atoms with Crippen molar-refractivity contribution in [2.24, 2.45) is 0 Å². The third-order valence-electron chi connectivity index (χ3n) is 3.68. The summed E-state index contributed by atoms with van der Waals surface area (Å²) in [6, 6.07) is 3.87. The monoisotopic (exact) mass is 295 g/mol. The molecule has 0 saturated carbocycles. The van der Waals surface area contributed by atoms with Gasteiger partial charge in [-0.05, 0) is 19.9 Å². The molecule has 2 rings (SSSR count). The van der Waals surface area contributed by atoms with Gasteiger partial charge in [0.2, 0.25) is 0 Å². The fourth-order valence-electron chi connectivity index (χ4n) is 2.87. The van der Waals surface area contributed by atoms with Crippen molar-refractivity contribution in [2.75, 3.05) is 34.4 Å². The first-order valence-electron chi connectivity index (χ1n) is 7.24. The van der Waals surface area contributed by atoms with E-state index in [2.05, 4.69) is 18.7 Å². The van der Waals surface area contributed by atoms with E-state index in [-0.39, 0.29) is 12.2 Å². The third-order valence-corrected chi connectivity index (χ3v) is 3.68. The maximum absolute atomic E-state index is 5.77. The number of rotatable bonds is 5. The molecular formula is C16H25NO4. The lowest BCUT2D eigenvalue weighted by atomic mass is 10.1. The van der Waals surface area contributed by atoms with Crippen molar-refractivity contribution in [1.29, 1.82) is 0 Å². The molecule has 5 nitrogen and oxygen atoms in total. The fourth-order valence-corrected chi connectivity index (χ4v) is 2.87. The predicted octanol–water partition coefficient (Wildman–Crippen LogP) is 2.32. The summed E-state index contributed by atoms with van der Waals surface area (Å²) in [7, 11) is 4.95. The Kier molecular flexibility index (Phi) is 5.31. The Morgan fingerprint density at radius 1 is 0.952 bits per heavy atom. The molecule has 0 bridgehead atoms. The minimum Gasteiger partial charge on any atom is -0.496 e. The van der Waals surface area contributed by atoms with Gasteiger partial charge in [0.15, 0.2) is 11.5 Å². The van der Waals surface area contributed by atoms with Crippen molar-refractivity contribution in [3.8, 4) is 17.2 Å². The van der Waals surface area contributed by atoms with Crippen molar-refractivity contribution >= 4 is 0 Å². The van der Waals surface area contributed by atoms with Crippen LogP contribution in [0.2, 0.25) is 0 Å². The highest BCUT2D eigenvalue weighted by Gasteiger charge is 2.23. The molecule has 5 heteroatoms. The molecule has 0 aliphatic carbocycles. The largest absolute Gasteiger partial charge is 0.496 e. The van der Waals surface area contributed by atoms with Gasteiger partial charge in [0.05, 0.1) is 33.5 Å². The van der Waals surface area contributed by atoms with Crippen LogP contribution in [0.1, 0.15) is 19.4 Å². The van der Waals surface area contributed by atoms with Gasteiger partial charge < -0.3 is 18.9 Å². The fraction of sp³-hybridized carbons (Fsp3) is 0.625. The lowest BCUT2D eigenvalue weighted by molar-refractivity contribution is -0.0706. The van der Waals surface area contributed by atoms with E-state index in [1.165, 1.54) is 0 Å². The normalized spacial score (nSPS) is 22.9. The molecule has 1 saturated heterocycles. The lowest BCUT2D eigenvalue weighted by Crippen LogP contribution is -2.44. The molecule has 1 aromatic carbocycles. The van der Waals surface area contributed by atoms with Gasteiger partial charge in [-0.1, -0.05) is 0 Å². The summed E-state index contributed by atoms with van der Waals surface area (Å²) >= 11 is 0. The highest BCUT2D eigenvalue weighted by Crippen LogP contribution is 2.35. The van der Waals surface area contributed by atoms with Crippen LogP contribution in [-0.4, -0.2) is 51.5 Å². The molecule has 0 radical (unpaired) electrons. The van der Waals surface area contributed by atoms with E-state index in [0.29, 0.717) is 5.75 Å². The second kappa shape index (κ2) is 7.00. The Bertz CT molecular complexity index is 468. The standard InChI is InChI=1S/C16H25NO4/c1-11-8-17(9-12(2)21-11)10-13-6-15(19-4)16(20-5)7-14(13)18-3/h6-7,11-12H,8-10H2,1-5H3/t11-,12+. The lowest BCUT2D eigenvalue weighted by Gasteiger charge is -2.35. The number of nitrogens with zero attached hydrogens (tertiary/aromatic N) is 1. The van der Waals surface area contributed by atoms with E-state index in [1.54, 1.807) is 21.3 Å². The molecule has 2 atom stereocenters. The molecule has 0 aromatic heterocycles. The first-order chi connectivity index (χ1) is 10.1. The molecule has 1 aliphatic heterocycles. The number of methoxy groups -OCH3 is 3. The molecule has 1 aliphatic rings. The van der Waals surface area contributed by atoms with Crippen molar-refractivity contribution < 1.29 is 18.9 Å². The molecule has 1 heterocycles. The quantitative estimate of drug-likeness (QED) is 0.834. The Balaban J connectivity index is 2.22. The summed E-state index contributed by atoms with van der Waals surface area (Å²) in [6.45, 7) is 6.86. The van der Waals surface area contributed by atoms with Crippen LogP contribution in [-0.2, 0) is 11.3 Å². The molecule has 1 fully saturated rings. The van der Waals surface area contributed by atoms with Crippen LogP contribution in [0.25, 0.3) is 0 Å². The van der Waals surface area contributed by atoms with Gasteiger partial charge in [-0.25, -0.2) is 0 Å². The van der Waals surface area contributed by atoms with Crippen LogP contribution in [0.3, 0.4) is 0 Å². The number of ether oxygens (including phenoxy) is 4. The number of morpholine rings is 1. The minimum atomic E-state index is 0.250. The van der Waals surface area contributed by atoms with Crippen molar-refractivity contribution in [3.05, 3.63) is 17.7 Å². The molecule has 118 valence electrons. The minimum absolute atomic E-state index is 0.250. The number of hydrogen-bond donors (Lipinski definition) is 0. The van der Waals surface area contributed by atoms with Crippen molar-refractivity contribution in [3.63, 3.8) is 0 Å². The van der Waals surface area contributed by atoms with Crippen LogP contribution in [0.4, 0.5) is 0 Å². The average molecular weight is 295 g/mol. The van der Waals surface area contributed by atoms with E-state index < -0.39 is 0 Å². The van der Waals surface area contributed by atoms with E-state index in [4.69, 9.17) is 18.9 Å². The molecule has 0 amide bonds. The molecule has 0 spiro atoms. The van der Waals surface area contributed by atoms with Gasteiger partial charge in [-0.3, -0.25) is 4.90 Å². The maximum atomic E-state index is 5.77. The average Bonchev–Trinajstić information content (AvgIpc) is 2.45. The molecule has 1 aromatic rings. The van der Waals surface area contributed by atoms with E-state index in [1.807, 2.05) is 12.1 Å². The Hall–Kier alpha value is -1.46. The van der Waals surface area contributed by atoms with Gasteiger partial charge in [0.1, 0.15) is 5.75 Å². The van der Waals surface area contributed by atoms with Gasteiger partial charge in [0, 0.05) is 31.3 Å². The number of benzene rings is 1. The van der Waals surface area contributed by atoms with Crippen LogP contribution in [0.15, 0.2) is 12.1 Å². The second-order valence-corrected chi connectivity index (χ2v) is 5.47. The second-order valence-electron chi connectivity index (χ2n) is 5.47. The Morgan fingerprint density at radius 2 is 1.48 bits per heavy atom. The van der Waals surface area contributed by atoms with Crippen LogP contribution < -0.4 is 14.2 Å². The summed E-state index contributed by atoms with van der Waals surface area (Å²) in [4.78, 5) is 2.38. The van der Waals surface area contributed by atoms with Crippen LogP contribution in [0.5, 0.6) is 17.2 Å². The van der Waals surface area contributed by atoms with Crippen molar-refractivity contribution in [2.45, 2.75) is 32.6 Å². The smallest absolute Gasteiger partial charge is 0.164 e. The predicted molar refractivity (Wildman–Crippen MR) is 81.4 cm³/mol. The summed E-state index contributed by atoms with van der Waals surface area (Å²) in [5, 5.41) is 0. The molecule has 21 heavy (non-hydrogen) atoms. The van der Waals surface area contributed by atoms with Gasteiger partial charge in [-0.2, -0.15) is 0 Å². The van der Waals surface area contributed by atoms with Crippen LogP contribution in [0, 0.1) is 0 Å². The third kappa shape index (κ3) is 3.80. The zero-order valence-corrected chi connectivity index (χ0v) is 13.5. The zero-order chi connectivity index (χ0) is 15.4. The highest BCUT2D eigenvalue weighted by molar-refractivity contribution is 5.50. The van der Waals surface area contributed by atoms with E-state index in [0.717, 1.165) is 36.7 Å². The Morgan fingerprint density at radius 3 is 2.00 bits per heavy atom. The first kappa shape index (κ1) is 15.9. The highest BCUT2D eigenvalue weighted by atomic mass is 16.5. The number of hydrogen-bond acceptors (Lipinski definition) is 5. The SMILES string of the molecule is COc1cc(OC)c(OC)cc1CN1C[C@@H](C)O[C@@H](C)C1. The van der Waals surface area contributed by atoms with E-state index >= 15 is 0 Å². The van der Waals surface area contributed by atoms with Gasteiger partial charge >= 0.3 is 0 Å². The van der Waals surface area contributed by atoms with Crippen LogP contribution >= 0.6 is 0 Å². The summed E-state index contributed by atoms with van der Waals surface area (Å²) < 4.78 is 22.0. The molecule has 0 N–H and O–H groups in total. The van der Waals surface area contributed by atoms with Gasteiger partial charge in [-0.15, -0.1) is 0 Å². The van der Waals surface area contributed by atoms with Gasteiger partial charge in [0.25, 0.3) is 0 Å². The van der Waals surface area contributed by atoms with Crippen molar-refractivity contribution in [1.82, 2.24) is 4.90 Å². The van der Waals surface area contributed by atoms with E-state index in [9.17, 15) is 0 Å². The zero-order valence-electron chi connectivity index (χ0n) is 13.5. The molecule has 0 unspecified atom stereocenters. The summed E-state index contributed by atoms with van der Waals surface area (Å²) in [6.07, 6.45) is 0.500. The first-order valence-corrected chi connectivity index (χ1v) is 7.24. The summed E-state index contributed by atoms with van der Waals surface area (Å²) in [5.41, 5.74) is 1.09. The summed E-state index contributed by atoms with van der Waals surface area (Å²) in [5.74, 6) is 2.23. The topological polar surface area (TPSA) is 40.2 Å². The molecular weight excluding hydrogens is 270 g/mol. The maximum Gasteiger partial charge on any atom is 0.164 e. The Labute approximate surface area is 126 Å².